The number of hydrogen-bond acceptors (Lipinski definition) is 4. The molecule has 0 aromatic heterocycles. The highest BCUT2D eigenvalue weighted by Gasteiger charge is 2.24. The molecule has 2 aromatic carbocycles. The van der Waals surface area contributed by atoms with Crippen molar-refractivity contribution in [2.45, 2.75) is 46.5 Å². The molecule has 2 rings (SSSR count). The van der Waals surface area contributed by atoms with Gasteiger partial charge in [-0.25, -0.2) is 0 Å². The Labute approximate surface area is 196 Å². The van der Waals surface area contributed by atoms with E-state index in [9.17, 15) is 18.7 Å². The van der Waals surface area contributed by atoms with Gasteiger partial charge in [0.25, 0.3) is 5.91 Å². The van der Waals surface area contributed by atoms with Gasteiger partial charge in [0.05, 0.1) is 15.7 Å². The number of benzene rings is 2. The average molecular weight is 486 g/mol. The largest absolute Gasteiger partial charge is 0.755 e. The van der Waals surface area contributed by atoms with Crippen LogP contribution in [0.2, 0.25) is 10.0 Å². The molecule has 0 aliphatic heterocycles. The number of carbonyl (C=O) groups is 1. The lowest BCUT2D eigenvalue weighted by atomic mass is 9.87. The molecular formula is C22H27Cl2N2O4S-. The Bertz CT molecular complexity index is 994. The van der Waals surface area contributed by atoms with Gasteiger partial charge in [-0.05, 0) is 49.1 Å². The van der Waals surface area contributed by atoms with E-state index in [1.165, 1.54) is 6.07 Å². The van der Waals surface area contributed by atoms with Crippen molar-refractivity contribution in [1.82, 2.24) is 4.90 Å². The van der Waals surface area contributed by atoms with Gasteiger partial charge in [-0.1, -0.05) is 50.0 Å². The van der Waals surface area contributed by atoms with E-state index in [0.717, 1.165) is 11.1 Å². The maximum atomic E-state index is 13.0. The quantitative estimate of drug-likeness (QED) is 0.372. The number of nitrogens with one attached hydrogen (secondary N) is 1. The van der Waals surface area contributed by atoms with Gasteiger partial charge in [0, 0.05) is 41.4 Å². The van der Waals surface area contributed by atoms with Crippen molar-refractivity contribution in [2.24, 2.45) is 0 Å². The van der Waals surface area contributed by atoms with Gasteiger partial charge in [0.15, 0.2) is 5.75 Å². The minimum atomic E-state index is -2.61. The molecule has 9 heteroatoms. The van der Waals surface area contributed by atoms with Crippen molar-refractivity contribution in [3.8, 4) is 5.75 Å². The smallest absolute Gasteiger partial charge is 0.253 e. The molecule has 2 unspecified atom stereocenters. The van der Waals surface area contributed by atoms with Crippen LogP contribution in [0.4, 0.5) is 5.69 Å². The maximum Gasteiger partial charge on any atom is 0.253 e. The minimum Gasteiger partial charge on any atom is -0.755 e. The van der Waals surface area contributed by atoms with Crippen molar-refractivity contribution in [3.05, 3.63) is 56.6 Å². The summed E-state index contributed by atoms with van der Waals surface area (Å²) in [4.78, 5) is 14.8. The first-order valence-electron chi connectivity index (χ1n) is 10.0. The van der Waals surface area contributed by atoms with E-state index >= 15 is 0 Å². The van der Waals surface area contributed by atoms with Crippen LogP contribution in [0.1, 0.15) is 73.5 Å². The third-order valence-corrected chi connectivity index (χ3v) is 6.36. The minimum absolute atomic E-state index is 0.0421. The molecule has 170 valence electrons. The zero-order valence-corrected chi connectivity index (χ0v) is 20.5. The van der Waals surface area contributed by atoms with Crippen LogP contribution in [0.5, 0.6) is 5.75 Å². The highest BCUT2D eigenvalue weighted by Crippen LogP contribution is 2.45. The molecule has 6 nitrogen and oxygen atoms in total. The predicted molar refractivity (Wildman–Crippen MR) is 126 cm³/mol. The fourth-order valence-corrected chi connectivity index (χ4v) is 4.43. The monoisotopic (exact) mass is 485 g/mol. The number of rotatable bonds is 8. The summed E-state index contributed by atoms with van der Waals surface area (Å²) in [7, 11) is 0. The highest BCUT2D eigenvalue weighted by molar-refractivity contribution is 7.80. The van der Waals surface area contributed by atoms with Crippen LogP contribution in [0.25, 0.3) is 0 Å². The van der Waals surface area contributed by atoms with Gasteiger partial charge in [-0.3, -0.25) is 9.00 Å². The lowest BCUT2D eigenvalue weighted by Crippen LogP contribution is -2.30. The Morgan fingerprint density at radius 2 is 1.71 bits per heavy atom. The predicted octanol–water partition coefficient (Wildman–Crippen LogP) is 5.66. The number of hydrogen-bond donors (Lipinski definition) is 2. The van der Waals surface area contributed by atoms with Crippen LogP contribution in [0, 0.1) is 0 Å². The highest BCUT2D eigenvalue weighted by atomic mass is 35.5. The number of carbonyl (C=O) groups excluding carboxylic acids is 1. The molecule has 0 aliphatic rings. The first-order chi connectivity index (χ1) is 14.5. The van der Waals surface area contributed by atoms with E-state index in [2.05, 4.69) is 4.72 Å². The summed E-state index contributed by atoms with van der Waals surface area (Å²) in [5, 5.41) is 10.1. The molecule has 0 heterocycles. The first kappa shape index (κ1) is 25.5. The summed E-state index contributed by atoms with van der Waals surface area (Å²) in [5.41, 5.74) is 2.82. The molecule has 2 atom stereocenters. The van der Waals surface area contributed by atoms with Crippen molar-refractivity contribution in [2.75, 3.05) is 17.8 Å². The molecule has 2 N–H and O–H groups in total. The maximum absolute atomic E-state index is 13.0. The molecule has 0 aliphatic carbocycles. The Kier molecular flexibility index (Phi) is 8.77. The molecule has 0 fully saturated rings. The third-order valence-electron chi connectivity index (χ3n) is 5.30. The van der Waals surface area contributed by atoms with Crippen LogP contribution in [0.3, 0.4) is 0 Å². The van der Waals surface area contributed by atoms with Crippen molar-refractivity contribution >= 4 is 46.1 Å². The molecule has 1 amide bonds. The number of nitrogens with zero attached hydrogens (tertiary/aromatic N) is 1. The Hall–Kier alpha value is -1.80. The van der Waals surface area contributed by atoms with E-state index in [1.807, 2.05) is 46.8 Å². The topological polar surface area (TPSA) is 92.7 Å². The second-order valence-electron chi connectivity index (χ2n) is 7.56. The van der Waals surface area contributed by atoms with Gasteiger partial charge >= 0.3 is 0 Å². The van der Waals surface area contributed by atoms with Crippen molar-refractivity contribution in [3.63, 3.8) is 0 Å². The van der Waals surface area contributed by atoms with Crippen LogP contribution < -0.4 is 4.72 Å². The fraction of sp³-hybridized carbons (Fsp3) is 0.409. The second-order valence-corrected chi connectivity index (χ2v) is 9.02. The standard InChI is InChI=1S/C22H28Cl2N2O4S/c1-6-26(7-2)22(28)16-9-14(12(3)4)8-15(10-16)13(5)19-18(25-31(29)30)11-17(23)21(27)20(19)24/h8-13,25,27H,6-7H2,1-5H3,(H,29,30)/p-1. The molecule has 0 saturated heterocycles. The molecule has 2 aromatic rings. The van der Waals surface area contributed by atoms with Gasteiger partial charge in [-0.15, -0.1) is 0 Å². The summed E-state index contributed by atoms with van der Waals surface area (Å²) in [6, 6.07) is 6.96. The van der Waals surface area contributed by atoms with Crippen LogP contribution >= 0.6 is 23.2 Å². The number of phenolic OH excluding ortho intramolecular Hbond substituents is 1. The zero-order valence-electron chi connectivity index (χ0n) is 18.2. The number of aromatic hydroxyl groups is 1. The van der Waals surface area contributed by atoms with Crippen LogP contribution in [-0.4, -0.2) is 37.8 Å². The normalized spacial score (nSPS) is 13.2. The number of phenols is 1. The second kappa shape index (κ2) is 10.7. The van der Waals surface area contributed by atoms with Crippen molar-refractivity contribution in [1.29, 1.82) is 0 Å². The van der Waals surface area contributed by atoms with Gasteiger partial charge in [0.1, 0.15) is 0 Å². The lowest BCUT2D eigenvalue weighted by molar-refractivity contribution is 0.0772. The molecule has 0 bridgehead atoms. The average Bonchev–Trinajstić information content (AvgIpc) is 2.71. The lowest BCUT2D eigenvalue weighted by Gasteiger charge is -2.24. The Balaban J connectivity index is 2.69. The SMILES string of the molecule is CCN(CC)C(=O)c1cc(C(C)C)cc(C(C)c2c(NS(=O)[O-])cc(Cl)c(O)c2Cl)c1. The number of halogens is 2. The molecule has 0 spiro atoms. The summed E-state index contributed by atoms with van der Waals surface area (Å²) in [5.74, 6) is -0.684. The fourth-order valence-electron chi connectivity index (χ4n) is 3.46. The van der Waals surface area contributed by atoms with Crippen LogP contribution in [0.15, 0.2) is 24.3 Å². The van der Waals surface area contributed by atoms with Crippen LogP contribution in [-0.2, 0) is 11.3 Å². The van der Waals surface area contributed by atoms with E-state index in [1.54, 1.807) is 11.0 Å². The number of amides is 1. The van der Waals surface area contributed by atoms with Crippen molar-refractivity contribution < 1.29 is 18.7 Å². The number of anilines is 1. The van der Waals surface area contributed by atoms with E-state index in [0.29, 0.717) is 24.2 Å². The van der Waals surface area contributed by atoms with E-state index in [4.69, 9.17) is 23.2 Å². The van der Waals surface area contributed by atoms with E-state index in [-0.39, 0.29) is 33.3 Å². The summed E-state index contributed by atoms with van der Waals surface area (Å²) >= 11 is 9.77. The summed E-state index contributed by atoms with van der Waals surface area (Å²) in [6.07, 6.45) is 0. The van der Waals surface area contributed by atoms with Gasteiger partial charge in [-0.2, -0.15) is 0 Å². The molecule has 0 saturated carbocycles. The zero-order chi connectivity index (χ0) is 23.5. The molecular weight excluding hydrogens is 459 g/mol. The Morgan fingerprint density at radius 1 is 1.13 bits per heavy atom. The first-order valence-corrected chi connectivity index (χ1v) is 11.9. The third kappa shape index (κ3) is 5.71. The van der Waals surface area contributed by atoms with E-state index < -0.39 is 17.2 Å². The van der Waals surface area contributed by atoms with Gasteiger partial charge in [0.2, 0.25) is 0 Å². The Morgan fingerprint density at radius 3 is 2.23 bits per heavy atom. The van der Waals surface area contributed by atoms with Gasteiger partial charge < -0.3 is 19.3 Å². The summed E-state index contributed by atoms with van der Waals surface area (Å²) < 4.78 is 24.9. The molecule has 0 radical (unpaired) electrons. The summed E-state index contributed by atoms with van der Waals surface area (Å²) in [6.45, 7) is 10.9. The molecule has 31 heavy (non-hydrogen) atoms.